The van der Waals surface area contributed by atoms with E-state index in [-0.39, 0.29) is 6.04 Å². The summed E-state index contributed by atoms with van der Waals surface area (Å²) in [5, 5.41) is 0. The molecule has 5 heteroatoms. The molecule has 0 radical (unpaired) electrons. The van der Waals surface area contributed by atoms with Gasteiger partial charge in [0.25, 0.3) is 0 Å². The van der Waals surface area contributed by atoms with Crippen molar-refractivity contribution in [3.05, 3.63) is 26.0 Å². The normalized spacial score (nSPS) is 13.0. The molecule has 12 heavy (non-hydrogen) atoms. The first-order valence-corrected chi connectivity index (χ1v) is 5.30. The molecule has 0 aromatic carbocycles. The van der Waals surface area contributed by atoms with Crippen molar-refractivity contribution in [3.8, 4) is 0 Å². The Bertz CT molecular complexity index is 279. The molecule has 1 aromatic heterocycles. The van der Waals surface area contributed by atoms with E-state index < -0.39 is 0 Å². The van der Waals surface area contributed by atoms with Gasteiger partial charge in [-0.1, -0.05) is 0 Å². The minimum absolute atomic E-state index is 0.168. The largest absolute Gasteiger partial charge is 0.329 e. The van der Waals surface area contributed by atoms with Gasteiger partial charge in [0.1, 0.15) is 4.60 Å². The first-order valence-electron chi connectivity index (χ1n) is 3.42. The summed E-state index contributed by atoms with van der Waals surface area (Å²) in [5.74, 6) is 0. The number of hydrogen-bond acceptors (Lipinski definition) is 3. The number of nitrogens with two attached hydrogens (primary N) is 2. The van der Waals surface area contributed by atoms with Gasteiger partial charge >= 0.3 is 0 Å². The van der Waals surface area contributed by atoms with Crippen molar-refractivity contribution in [1.29, 1.82) is 0 Å². The monoisotopic (exact) mass is 341 g/mol. The number of nitrogens with zero attached hydrogens (tertiary/aromatic N) is 1. The van der Waals surface area contributed by atoms with Crippen LogP contribution >= 0.6 is 38.5 Å². The molecule has 4 N–H and O–H groups in total. The van der Waals surface area contributed by atoms with Gasteiger partial charge in [0.15, 0.2) is 0 Å². The lowest BCUT2D eigenvalue weighted by molar-refractivity contribution is 0.708. The van der Waals surface area contributed by atoms with Crippen molar-refractivity contribution in [2.24, 2.45) is 11.5 Å². The summed E-state index contributed by atoms with van der Waals surface area (Å²) >= 11 is 5.52. The fourth-order valence-corrected chi connectivity index (χ4v) is 1.40. The van der Waals surface area contributed by atoms with Crippen molar-refractivity contribution >= 4 is 38.5 Å². The van der Waals surface area contributed by atoms with E-state index in [4.69, 9.17) is 11.5 Å². The van der Waals surface area contributed by atoms with Crippen LogP contribution in [0.25, 0.3) is 0 Å². The Labute approximate surface area is 93.2 Å². The van der Waals surface area contributed by atoms with Crippen LogP contribution < -0.4 is 11.5 Å². The van der Waals surface area contributed by atoms with Gasteiger partial charge < -0.3 is 11.5 Å². The fourth-order valence-electron chi connectivity index (χ4n) is 0.759. The van der Waals surface area contributed by atoms with Crippen LogP contribution in [-0.4, -0.2) is 11.5 Å². The molecule has 66 valence electrons. The lowest BCUT2D eigenvalue weighted by Gasteiger charge is -2.08. The van der Waals surface area contributed by atoms with E-state index in [1.165, 1.54) is 0 Å². The minimum atomic E-state index is -0.168. The fraction of sp³-hybridized carbons (Fsp3) is 0.286. The molecule has 0 saturated heterocycles. The Morgan fingerprint density at radius 1 is 1.58 bits per heavy atom. The van der Waals surface area contributed by atoms with Gasteiger partial charge in [-0.3, -0.25) is 0 Å². The first-order chi connectivity index (χ1) is 5.65. The van der Waals surface area contributed by atoms with Crippen LogP contribution in [-0.2, 0) is 0 Å². The molecule has 0 bridgehead atoms. The molecule has 1 rings (SSSR count). The summed E-state index contributed by atoms with van der Waals surface area (Å²) in [7, 11) is 0. The van der Waals surface area contributed by atoms with Crippen LogP contribution in [0.2, 0.25) is 0 Å². The van der Waals surface area contributed by atoms with Gasteiger partial charge in [-0.25, -0.2) is 4.98 Å². The van der Waals surface area contributed by atoms with E-state index in [2.05, 4.69) is 43.5 Å². The molecule has 1 atom stereocenters. The summed E-state index contributed by atoms with van der Waals surface area (Å²) in [6.07, 6.45) is 0. The minimum Gasteiger partial charge on any atom is -0.329 e. The van der Waals surface area contributed by atoms with Crippen LogP contribution in [0.4, 0.5) is 0 Å². The molecule has 0 amide bonds. The number of aromatic nitrogens is 1. The van der Waals surface area contributed by atoms with Crippen molar-refractivity contribution in [1.82, 2.24) is 4.98 Å². The Morgan fingerprint density at radius 3 is 2.75 bits per heavy atom. The number of halogens is 2. The maximum absolute atomic E-state index is 5.70. The summed E-state index contributed by atoms with van der Waals surface area (Å²) in [5.41, 5.74) is 11.9. The number of hydrogen-bond donors (Lipinski definition) is 2. The molecule has 0 saturated carbocycles. The van der Waals surface area contributed by atoms with Gasteiger partial charge in [0.2, 0.25) is 0 Å². The Morgan fingerprint density at radius 2 is 2.25 bits per heavy atom. The summed E-state index contributed by atoms with van der Waals surface area (Å²) < 4.78 is 1.89. The third-order valence-electron chi connectivity index (χ3n) is 1.46. The summed E-state index contributed by atoms with van der Waals surface area (Å²) in [4.78, 5) is 4.25. The maximum Gasteiger partial charge on any atom is 0.119 e. The molecule has 0 aliphatic heterocycles. The lowest BCUT2D eigenvalue weighted by Crippen LogP contribution is -2.21. The van der Waals surface area contributed by atoms with E-state index in [1.54, 1.807) is 0 Å². The lowest BCUT2D eigenvalue weighted by atomic mass is 10.2. The molecule has 0 fully saturated rings. The van der Waals surface area contributed by atoms with E-state index in [0.717, 1.165) is 13.9 Å². The van der Waals surface area contributed by atoms with Crippen LogP contribution in [0, 0.1) is 3.57 Å². The first kappa shape index (κ1) is 10.4. The zero-order valence-electron chi connectivity index (χ0n) is 6.30. The topological polar surface area (TPSA) is 64.9 Å². The molecular formula is C7H9BrIN3. The van der Waals surface area contributed by atoms with Crippen LogP contribution in [0.15, 0.2) is 16.7 Å². The molecule has 1 aromatic rings. The standard InChI is InChI=1S/C7H9BrIN3/c8-7-4(9)1-2-6(12-7)5(11)3-10/h1-2,5H,3,10-11H2/t5-/m1/s1. The van der Waals surface area contributed by atoms with Crippen LogP contribution in [0.3, 0.4) is 0 Å². The second kappa shape index (κ2) is 4.50. The van der Waals surface area contributed by atoms with Crippen molar-refractivity contribution < 1.29 is 0 Å². The SMILES string of the molecule is NC[C@@H](N)c1ccc(I)c(Br)n1. The van der Waals surface area contributed by atoms with Crippen molar-refractivity contribution in [2.75, 3.05) is 6.54 Å². The molecule has 0 aliphatic rings. The third-order valence-corrected chi connectivity index (χ3v) is 3.67. The average molecular weight is 342 g/mol. The number of rotatable bonds is 2. The van der Waals surface area contributed by atoms with Gasteiger partial charge in [0, 0.05) is 10.1 Å². The molecule has 0 aliphatic carbocycles. The van der Waals surface area contributed by atoms with Gasteiger partial charge in [-0.05, 0) is 50.7 Å². The van der Waals surface area contributed by atoms with Gasteiger partial charge in [-0.15, -0.1) is 0 Å². The smallest absolute Gasteiger partial charge is 0.119 e. The van der Waals surface area contributed by atoms with Gasteiger partial charge in [-0.2, -0.15) is 0 Å². The number of pyridine rings is 1. The third kappa shape index (κ3) is 2.38. The Balaban J connectivity index is 2.96. The maximum atomic E-state index is 5.70. The summed E-state index contributed by atoms with van der Waals surface area (Å²) in [6.45, 7) is 0.417. The van der Waals surface area contributed by atoms with Gasteiger partial charge in [0.05, 0.1) is 11.7 Å². The molecular weight excluding hydrogens is 333 g/mol. The van der Waals surface area contributed by atoms with Crippen molar-refractivity contribution in [2.45, 2.75) is 6.04 Å². The van der Waals surface area contributed by atoms with Crippen LogP contribution in [0.5, 0.6) is 0 Å². The zero-order chi connectivity index (χ0) is 9.14. The second-order valence-electron chi connectivity index (χ2n) is 2.35. The predicted octanol–water partition coefficient (Wildman–Crippen LogP) is 1.41. The Kier molecular flexibility index (Phi) is 3.88. The molecule has 3 nitrogen and oxygen atoms in total. The summed E-state index contributed by atoms with van der Waals surface area (Å²) in [6, 6.07) is 3.69. The quantitative estimate of drug-likeness (QED) is 0.631. The van der Waals surface area contributed by atoms with E-state index in [9.17, 15) is 0 Å². The highest BCUT2D eigenvalue weighted by molar-refractivity contribution is 14.1. The van der Waals surface area contributed by atoms with Crippen LogP contribution in [0.1, 0.15) is 11.7 Å². The molecule has 0 unspecified atom stereocenters. The van der Waals surface area contributed by atoms with E-state index >= 15 is 0 Å². The zero-order valence-corrected chi connectivity index (χ0v) is 10.0. The van der Waals surface area contributed by atoms with E-state index in [0.29, 0.717) is 6.54 Å². The highest BCUT2D eigenvalue weighted by atomic mass is 127. The highest BCUT2D eigenvalue weighted by Gasteiger charge is 2.06. The van der Waals surface area contributed by atoms with E-state index in [1.807, 2.05) is 12.1 Å². The average Bonchev–Trinajstić information content (AvgIpc) is 2.08. The van der Waals surface area contributed by atoms with Crippen molar-refractivity contribution in [3.63, 3.8) is 0 Å². The predicted molar refractivity (Wildman–Crippen MR) is 60.6 cm³/mol. The highest BCUT2D eigenvalue weighted by Crippen LogP contribution is 2.18. The molecule has 0 spiro atoms. The second-order valence-corrected chi connectivity index (χ2v) is 4.26. The molecule has 1 heterocycles. The Hall–Kier alpha value is 0.280.